The fourth-order valence-electron chi connectivity index (χ4n) is 0.895. The number of aromatic nitrogens is 1. The molecule has 1 aromatic rings. The predicted octanol–water partition coefficient (Wildman–Crippen LogP) is 3.33. The maximum absolute atomic E-state index is 13.0. The van der Waals surface area contributed by atoms with Crippen molar-refractivity contribution >= 4 is 27.8 Å². The maximum atomic E-state index is 13.0. The van der Waals surface area contributed by atoms with Crippen LogP contribution in [0, 0.1) is 5.95 Å². The molecule has 0 saturated carbocycles. The summed E-state index contributed by atoms with van der Waals surface area (Å²) < 4.78 is 18.2. The van der Waals surface area contributed by atoms with Crippen LogP contribution in [0.1, 0.15) is 20.8 Å². The molecule has 0 aromatic carbocycles. The zero-order valence-electron chi connectivity index (χ0n) is 9.17. The Morgan fingerprint density at radius 1 is 1.50 bits per heavy atom. The SMILES string of the molecule is CC(C)(C)OC(=O)Nc1ccc(Br)c(F)n1. The second-order valence-corrected chi connectivity index (χ2v) is 4.95. The van der Waals surface area contributed by atoms with Gasteiger partial charge in [-0.15, -0.1) is 0 Å². The minimum atomic E-state index is -0.687. The number of amides is 1. The molecule has 1 amide bonds. The summed E-state index contributed by atoms with van der Waals surface area (Å²) in [5.74, 6) is -0.580. The van der Waals surface area contributed by atoms with Gasteiger partial charge >= 0.3 is 6.09 Å². The Kier molecular flexibility index (Phi) is 3.85. The zero-order chi connectivity index (χ0) is 12.3. The molecule has 1 aromatic heterocycles. The Morgan fingerprint density at radius 2 is 2.12 bits per heavy atom. The maximum Gasteiger partial charge on any atom is 0.413 e. The van der Waals surface area contributed by atoms with Crippen LogP contribution in [0.15, 0.2) is 16.6 Å². The third-order valence-electron chi connectivity index (χ3n) is 1.43. The minimum absolute atomic E-state index is 0.106. The molecular weight excluding hydrogens is 279 g/mol. The number of rotatable bonds is 1. The van der Waals surface area contributed by atoms with Crippen LogP contribution in [0.3, 0.4) is 0 Å². The van der Waals surface area contributed by atoms with Crippen molar-refractivity contribution in [3.8, 4) is 0 Å². The summed E-state index contributed by atoms with van der Waals surface area (Å²) in [6.07, 6.45) is -0.665. The highest BCUT2D eigenvalue weighted by Gasteiger charge is 2.16. The van der Waals surface area contributed by atoms with E-state index in [0.717, 1.165) is 0 Å². The number of hydrogen-bond acceptors (Lipinski definition) is 3. The van der Waals surface area contributed by atoms with Gasteiger partial charge in [-0.1, -0.05) is 0 Å². The molecule has 0 unspecified atom stereocenters. The first-order valence-electron chi connectivity index (χ1n) is 4.60. The second-order valence-electron chi connectivity index (χ2n) is 4.10. The van der Waals surface area contributed by atoms with Crippen molar-refractivity contribution in [2.75, 3.05) is 5.32 Å². The van der Waals surface area contributed by atoms with Crippen LogP contribution in [0.25, 0.3) is 0 Å². The molecule has 0 aliphatic rings. The summed E-state index contributed by atoms with van der Waals surface area (Å²) in [7, 11) is 0. The second kappa shape index (κ2) is 4.78. The van der Waals surface area contributed by atoms with E-state index in [1.54, 1.807) is 20.8 Å². The Hall–Kier alpha value is -1.17. The first kappa shape index (κ1) is 12.9. The van der Waals surface area contributed by atoms with Crippen LogP contribution in [0.2, 0.25) is 0 Å². The number of carbonyl (C=O) groups excluding carboxylic acids is 1. The quantitative estimate of drug-likeness (QED) is 0.807. The lowest BCUT2D eigenvalue weighted by Crippen LogP contribution is -2.27. The standard InChI is InChI=1S/C10H12BrFN2O2/c1-10(2,3)16-9(15)14-7-5-4-6(11)8(12)13-7/h4-5H,1-3H3,(H,13,14,15). The van der Waals surface area contributed by atoms with Crippen molar-refractivity contribution in [2.45, 2.75) is 26.4 Å². The number of ether oxygens (including phenoxy) is 1. The van der Waals surface area contributed by atoms with Gasteiger partial charge in [-0.25, -0.2) is 9.78 Å². The van der Waals surface area contributed by atoms with Crippen molar-refractivity contribution < 1.29 is 13.9 Å². The molecule has 1 N–H and O–H groups in total. The highest BCUT2D eigenvalue weighted by Crippen LogP contribution is 2.16. The summed E-state index contributed by atoms with van der Waals surface area (Å²) in [5.41, 5.74) is -0.599. The van der Waals surface area contributed by atoms with E-state index in [-0.39, 0.29) is 10.3 Å². The summed E-state index contributed by atoms with van der Waals surface area (Å²) in [6.45, 7) is 5.21. The first-order valence-corrected chi connectivity index (χ1v) is 5.39. The van der Waals surface area contributed by atoms with Gasteiger partial charge in [0.25, 0.3) is 0 Å². The van der Waals surface area contributed by atoms with Gasteiger partial charge in [-0.2, -0.15) is 4.39 Å². The molecule has 1 rings (SSSR count). The first-order chi connectivity index (χ1) is 7.28. The minimum Gasteiger partial charge on any atom is -0.444 e. The van der Waals surface area contributed by atoms with E-state index in [9.17, 15) is 9.18 Å². The number of hydrogen-bond donors (Lipinski definition) is 1. The Balaban J connectivity index is 2.67. The molecule has 0 atom stereocenters. The van der Waals surface area contributed by atoms with Gasteiger partial charge in [0.05, 0.1) is 4.47 Å². The molecule has 88 valence electrons. The predicted molar refractivity (Wildman–Crippen MR) is 61.8 cm³/mol. The third-order valence-corrected chi connectivity index (χ3v) is 2.02. The van der Waals surface area contributed by atoms with Gasteiger partial charge < -0.3 is 4.74 Å². The molecule has 16 heavy (non-hydrogen) atoms. The molecule has 0 aliphatic heterocycles. The van der Waals surface area contributed by atoms with E-state index in [1.165, 1.54) is 12.1 Å². The lowest BCUT2D eigenvalue weighted by molar-refractivity contribution is 0.0635. The molecule has 1 heterocycles. The van der Waals surface area contributed by atoms with Crippen LogP contribution in [-0.2, 0) is 4.74 Å². The van der Waals surface area contributed by atoms with E-state index < -0.39 is 17.6 Å². The van der Waals surface area contributed by atoms with Gasteiger partial charge in [-0.3, -0.25) is 5.32 Å². The topological polar surface area (TPSA) is 51.2 Å². The monoisotopic (exact) mass is 290 g/mol. The highest BCUT2D eigenvalue weighted by atomic mass is 79.9. The van der Waals surface area contributed by atoms with Gasteiger partial charge in [-0.05, 0) is 48.8 Å². The number of anilines is 1. The number of halogens is 2. The van der Waals surface area contributed by atoms with Crippen molar-refractivity contribution in [3.63, 3.8) is 0 Å². The van der Waals surface area contributed by atoms with Crippen molar-refractivity contribution in [1.82, 2.24) is 4.98 Å². The van der Waals surface area contributed by atoms with E-state index in [2.05, 4.69) is 26.2 Å². The Morgan fingerprint density at radius 3 is 2.62 bits per heavy atom. The lowest BCUT2D eigenvalue weighted by atomic mass is 10.2. The molecule has 0 bridgehead atoms. The van der Waals surface area contributed by atoms with E-state index in [0.29, 0.717) is 0 Å². The van der Waals surface area contributed by atoms with Gasteiger partial charge in [0.15, 0.2) is 0 Å². The summed E-state index contributed by atoms with van der Waals surface area (Å²) >= 11 is 2.96. The molecule has 0 aliphatic carbocycles. The fraction of sp³-hybridized carbons (Fsp3) is 0.400. The molecule has 0 radical (unpaired) electrons. The normalized spacial score (nSPS) is 11.1. The van der Waals surface area contributed by atoms with Crippen LogP contribution in [-0.4, -0.2) is 16.7 Å². The van der Waals surface area contributed by atoms with Crippen LogP contribution in [0.4, 0.5) is 15.0 Å². The number of nitrogens with one attached hydrogen (secondary N) is 1. The summed E-state index contributed by atoms with van der Waals surface area (Å²) in [5, 5.41) is 2.33. The number of nitrogens with zero attached hydrogens (tertiary/aromatic N) is 1. The van der Waals surface area contributed by atoms with E-state index >= 15 is 0 Å². The van der Waals surface area contributed by atoms with Crippen molar-refractivity contribution in [2.24, 2.45) is 0 Å². The van der Waals surface area contributed by atoms with E-state index in [4.69, 9.17) is 4.74 Å². The molecule has 0 fully saturated rings. The Labute approximate surface area is 101 Å². The lowest BCUT2D eigenvalue weighted by Gasteiger charge is -2.19. The summed E-state index contributed by atoms with van der Waals surface area (Å²) in [4.78, 5) is 14.8. The summed E-state index contributed by atoms with van der Waals surface area (Å²) in [6, 6.07) is 2.92. The average molecular weight is 291 g/mol. The van der Waals surface area contributed by atoms with Gasteiger partial charge in [0.2, 0.25) is 5.95 Å². The van der Waals surface area contributed by atoms with Crippen LogP contribution < -0.4 is 5.32 Å². The fourth-order valence-corrected chi connectivity index (χ4v) is 1.12. The molecular formula is C10H12BrFN2O2. The molecule has 0 spiro atoms. The Bertz CT molecular complexity index is 404. The molecule has 6 heteroatoms. The molecule has 0 saturated heterocycles. The highest BCUT2D eigenvalue weighted by molar-refractivity contribution is 9.10. The van der Waals surface area contributed by atoms with Crippen LogP contribution >= 0.6 is 15.9 Å². The average Bonchev–Trinajstić information content (AvgIpc) is 2.08. The van der Waals surface area contributed by atoms with Crippen molar-refractivity contribution in [1.29, 1.82) is 0 Å². The zero-order valence-corrected chi connectivity index (χ0v) is 10.8. The smallest absolute Gasteiger partial charge is 0.413 e. The van der Waals surface area contributed by atoms with Gasteiger partial charge in [0, 0.05) is 0 Å². The van der Waals surface area contributed by atoms with Crippen molar-refractivity contribution in [3.05, 3.63) is 22.6 Å². The number of pyridine rings is 1. The molecule has 4 nitrogen and oxygen atoms in total. The van der Waals surface area contributed by atoms with Crippen LogP contribution in [0.5, 0.6) is 0 Å². The number of carbonyl (C=O) groups is 1. The van der Waals surface area contributed by atoms with Gasteiger partial charge in [0.1, 0.15) is 11.4 Å². The third kappa shape index (κ3) is 4.14. The largest absolute Gasteiger partial charge is 0.444 e. The van der Waals surface area contributed by atoms with E-state index in [1.807, 2.05) is 0 Å².